The van der Waals surface area contributed by atoms with Gasteiger partial charge in [-0.05, 0) is 24.5 Å². The number of rotatable bonds is 6. The number of urea groups is 1. The average molecular weight is 346 g/mol. The zero-order valence-electron chi connectivity index (χ0n) is 14.2. The van der Waals surface area contributed by atoms with Crippen molar-refractivity contribution in [3.05, 3.63) is 23.9 Å². The van der Waals surface area contributed by atoms with Gasteiger partial charge in [0, 0.05) is 31.8 Å². The van der Waals surface area contributed by atoms with Crippen molar-refractivity contribution >= 4 is 17.8 Å². The third kappa shape index (κ3) is 3.57. The van der Waals surface area contributed by atoms with E-state index in [-0.39, 0.29) is 24.8 Å². The van der Waals surface area contributed by atoms with E-state index in [1.54, 1.807) is 18.3 Å². The van der Waals surface area contributed by atoms with Crippen LogP contribution in [0.4, 0.5) is 4.79 Å². The van der Waals surface area contributed by atoms with Crippen molar-refractivity contribution < 1.29 is 19.1 Å². The molecular formula is C17H22N4O4. The first kappa shape index (κ1) is 17.2. The van der Waals surface area contributed by atoms with Gasteiger partial charge >= 0.3 is 6.03 Å². The molecule has 4 amide bonds. The minimum atomic E-state index is -0.721. The Labute approximate surface area is 145 Å². The maximum Gasteiger partial charge on any atom is 0.325 e. The van der Waals surface area contributed by atoms with Gasteiger partial charge in [-0.2, -0.15) is 0 Å². The summed E-state index contributed by atoms with van der Waals surface area (Å²) in [6, 6.07) is 3.13. The summed E-state index contributed by atoms with van der Waals surface area (Å²) in [4.78, 5) is 41.7. The van der Waals surface area contributed by atoms with E-state index in [0.29, 0.717) is 25.3 Å². The molecule has 1 saturated carbocycles. The Morgan fingerprint density at radius 3 is 2.88 bits per heavy atom. The highest BCUT2D eigenvalue weighted by Crippen LogP contribution is 2.34. The van der Waals surface area contributed by atoms with Crippen molar-refractivity contribution in [2.24, 2.45) is 0 Å². The van der Waals surface area contributed by atoms with E-state index in [4.69, 9.17) is 4.74 Å². The van der Waals surface area contributed by atoms with Gasteiger partial charge in [-0.3, -0.25) is 14.5 Å². The molecule has 0 radical (unpaired) electrons. The van der Waals surface area contributed by atoms with Crippen molar-refractivity contribution in [1.29, 1.82) is 0 Å². The predicted molar refractivity (Wildman–Crippen MR) is 88.7 cm³/mol. The van der Waals surface area contributed by atoms with Crippen molar-refractivity contribution in [2.45, 2.75) is 44.2 Å². The molecular weight excluding hydrogens is 324 g/mol. The number of imide groups is 1. The van der Waals surface area contributed by atoms with Crippen molar-refractivity contribution in [3.63, 3.8) is 0 Å². The molecule has 8 nitrogen and oxygen atoms in total. The van der Waals surface area contributed by atoms with Gasteiger partial charge in [0.1, 0.15) is 5.54 Å². The number of nitrogens with zero attached hydrogens (tertiary/aromatic N) is 2. The number of hydrogen-bond donors (Lipinski definition) is 2. The summed E-state index contributed by atoms with van der Waals surface area (Å²) in [5.74, 6) is 0.0679. The van der Waals surface area contributed by atoms with E-state index in [1.807, 2.05) is 0 Å². The molecule has 1 spiro atoms. The lowest BCUT2D eigenvalue weighted by Crippen LogP contribution is -2.44. The van der Waals surface area contributed by atoms with E-state index in [1.165, 1.54) is 12.0 Å². The molecule has 0 unspecified atom stereocenters. The summed E-state index contributed by atoms with van der Waals surface area (Å²) >= 11 is 0. The predicted octanol–water partition coefficient (Wildman–Crippen LogP) is 0.961. The van der Waals surface area contributed by atoms with Crippen LogP contribution in [0, 0.1) is 0 Å². The Hall–Kier alpha value is -2.64. The normalized spacial score (nSPS) is 18.5. The highest BCUT2D eigenvalue weighted by Gasteiger charge is 2.52. The van der Waals surface area contributed by atoms with Gasteiger partial charge < -0.3 is 15.4 Å². The van der Waals surface area contributed by atoms with Gasteiger partial charge in [-0.15, -0.1) is 0 Å². The lowest BCUT2D eigenvalue weighted by atomic mass is 9.98. The molecule has 2 N–H and O–H groups in total. The molecule has 0 atom stereocenters. The smallest absolute Gasteiger partial charge is 0.325 e. The Balaban J connectivity index is 1.49. The number of carbonyl (C=O) groups is 3. The summed E-state index contributed by atoms with van der Waals surface area (Å²) in [5.41, 5.74) is 0.140. The topological polar surface area (TPSA) is 101 Å². The molecule has 1 aromatic rings. The highest BCUT2D eigenvalue weighted by atomic mass is 16.5. The molecule has 1 aliphatic carbocycles. The molecule has 2 fully saturated rings. The van der Waals surface area contributed by atoms with Gasteiger partial charge in [0.15, 0.2) is 0 Å². The molecule has 2 aliphatic rings. The fraction of sp³-hybridized carbons (Fsp3) is 0.529. The molecule has 8 heteroatoms. The Kier molecular flexibility index (Phi) is 4.87. The van der Waals surface area contributed by atoms with E-state index in [0.717, 1.165) is 18.4 Å². The van der Waals surface area contributed by atoms with Gasteiger partial charge in [0.25, 0.3) is 5.91 Å². The zero-order chi connectivity index (χ0) is 17.9. The number of hydrogen-bond acceptors (Lipinski definition) is 5. The molecule has 25 heavy (non-hydrogen) atoms. The van der Waals surface area contributed by atoms with Crippen LogP contribution in [-0.4, -0.2) is 46.9 Å². The number of pyridine rings is 1. The van der Waals surface area contributed by atoms with Crippen LogP contribution in [0.1, 0.15) is 37.7 Å². The van der Waals surface area contributed by atoms with Gasteiger partial charge in [-0.1, -0.05) is 12.8 Å². The van der Waals surface area contributed by atoms with Crippen molar-refractivity contribution in [2.75, 3.05) is 13.7 Å². The second kappa shape index (κ2) is 7.08. The number of amides is 4. The van der Waals surface area contributed by atoms with E-state index < -0.39 is 11.6 Å². The molecule has 2 heterocycles. The Morgan fingerprint density at radius 1 is 1.40 bits per heavy atom. The number of aromatic nitrogens is 1. The lowest BCUT2D eigenvalue weighted by Gasteiger charge is -2.19. The fourth-order valence-corrected chi connectivity index (χ4v) is 3.37. The SMILES string of the molecule is COc1cc(CNC(=O)CCN2C(=O)NC3(CCCC3)C2=O)ccn1. The third-order valence-corrected chi connectivity index (χ3v) is 4.76. The monoisotopic (exact) mass is 346 g/mol. The molecule has 134 valence electrons. The zero-order valence-corrected chi connectivity index (χ0v) is 14.2. The lowest BCUT2D eigenvalue weighted by molar-refractivity contribution is -0.131. The standard InChI is InChI=1S/C17H22N4O4/c1-25-14-10-12(4-8-18-14)11-19-13(22)5-9-21-15(23)17(20-16(21)24)6-2-3-7-17/h4,8,10H,2-3,5-7,9,11H2,1H3,(H,19,22)(H,20,24). The second-order valence-electron chi connectivity index (χ2n) is 6.41. The average Bonchev–Trinajstić information content (AvgIpc) is 3.17. The van der Waals surface area contributed by atoms with Crippen LogP contribution in [0.3, 0.4) is 0 Å². The fourth-order valence-electron chi connectivity index (χ4n) is 3.37. The molecule has 3 rings (SSSR count). The summed E-state index contributed by atoms with van der Waals surface area (Å²) in [7, 11) is 1.53. The van der Waals surface area contributed by atoms with Crippen LogP contribution >= 0.6 is 0 Å². The molecule has 1 aliphatic heterocycles. The first-order chi connectivity index (χ1) is 12.0. The van der Waals surface area contributed by atoms with E-state index in [2.05, 4.69) is 15.6 Å². The van der Waals surface area contributed by atoms with E-state index >= 15 is 0 Å². The van der Waals surface area contributed by atoms with Crippen LogP contribution in [0.25, 0.3) is 0 Å². The molecule has 1 aromatic heterocycles. The van der Waals surface area contributed by atoms with Crippen LogP contribution < -0.4 is 15.4 Å². The van der Waals surface area contributed by atoms with Crippen molar-refractivity contribution in [1.82, 2.24) is 20.5 Å². The van der Waals surface area contributed by atoms with Gasteiger partial charge in [-0.25, -0.2) is 9.78 Å². The summed E-state index contributed by atoms with van der Waals surface area (Å²) in [6.45, 7) is 0.430. The summed E-state index contributed by atoms with van der Waals surface area (Å²) < 4.78 is 5.03. The maximum absolute atomic E-state index is 12.5. The number of nitrogens with one attached hydrogen (secondary N) is 2. The van der Waals surface area contributed by atoms with Gasteiger partial charge in [0.2, 0.25) is 11.8 Å². The van der Waals surface area contributed by atoms with Gasteiger partial charge in [0.05, 0.1) is 7.11 Å². The Bertz CT molecular complexity index is 685. The van der Waals surface area contributed by atoms with Crippen LogP contribution in [0.5, 0.6) is 5.88 Å². The van der Waals surface area contributed by atoms with Crippen LogP contribution in [-0.2, 0) is 16.1 Å². The molecule has 0 aromatic carbocycles. The quantitative estimate of drug-likeness (QED) is 0.747. The third-order valence-electron chi connectivity index (χ3n) is 4.76. The minimum Gasteiger partial charge on any atom is -0.481 e. The first-order valence-corrected chi connectivity index (χ1v) is 8.44. The minimum absolute atomic E-state index is 0.0808. The number of ether oxygens (including phenoxy) is 1. The van der Waals surface area contributed by atoms with Crippen LogP contribution in [0.2, 0.25) is 0 Å². The largest absolute Gasteiger partial charge is 0.481 e. The number of methoxy groups -OCH3 is 1. The summed E-state index contributed by atoms with van der Waals surface area (Å²) in [6.07, 6.45) is 4.94. The highest BCUT2D eigenvalue weighted by molar-refractivity contribution is 6.07. The number of carbonyl (C=O) groups excluding carboxylic acids is 3. The summed E-state index contributed by atoms with van der Waals surface area (Å²) in [5, 5.41) is 5.58. The van der Waals surface area contributed by atoms with Crippen LogP contribution in [0.15, 0.2) is 18.3 Å². The Morgan fingerprint density at radius 2 is 2.16 bits per heavy atom. The first-order valence-electron chi connectivity index (χ1n) is 8.44. The van der Waals surface area contributed by atoms with E-state index in [9.17, 15) is 14.4 Å². The maximum atomic E-state index is 12.5. The molecule has 1 saturated heterocycles. The molecule has 0 bridgehead atoms. The second-order valence-corrected chi connectivity index (χ2v) is 6.41. The van der Waals surface area contributed by atoms with Crippen molar-refractivity contribution in [3.8, 4) is 5.88 Å².